The number of carbonyl (C=O) groups is 1. The van der Waals surface area contributed by atoms with Gasteiger partial charge in [0, 0.05) is 18.4 Å². The maximum atomic E-state index is 11.7. The maximum absolute atomic E-state index is 11.7. The van der Waals surface area contributed by atoms with E-state index in [4.69, 9.17) is 15.9 Å². The van der Waals surface area contributed by atoms with Crippen LogP contribution in [0.25, 0.3) is 0 Å². The minimum absolute atomic E-state index is 0.361. The van der Waals surface area contributed by atoms with Crippen molar-refractivity contribution in [2.45, 2.75) is 44.0 Å². The van der Waals surface area contributed by atoms with Gasteiger partial charge in [-0.05, 0) is 42.9 Å². The molecule has 4 nitrogen and oxygen atoms in total. The standard InChI is InChI=1S/C18H20O4/c1-3-16(19)14-5-4-13(2)15(12-14)17(20)6-8-18(9-7-17)21-10-11-22-18/h1,4-5,12,20H,6-11H2,2H3. The molecular formula is C18H20O4. The van der Waals surface area contributed by atoms with Gasteiger partial charge < -0.3 is 14.6 Å². The molecule has 3 rings (SSSR count). The van der Waals surface area contributed by atoms with E-state index in [0.717, 1.165) is 11.1 Å². The molecule has 1 spiro atoms. The summed E-state index contributed by atoms with van der Waals surface area (Å²) in [7, 11) is 0. The van der Waals surface area contributed by atoms with Crippen LogP contribution in [-0.2, 0) is 15.1 Å². The van der Waals surface area contributed by atoms with Crippen LogP contribution < -0.4 is 0 Å². The molecule has 4 heteroatoms. The SMILES string of the molecule is C#CC(=O)c1ccc(C)c(C2(O)CCC3(CC2)OCCO3)c1. The summed E-state index contributed by atoms with van der Waals surface area (Å²) >= 11 is 0. The molecular weight excluding hydrogens is 280 g/mol. The number of aliphatic hydroxyl groups is 1. The number of ether oxygens (including phenoxy) is 2. The summed E-state index contributed by atoms with van der Waals surface area (Å²) in [5.74, 6) is 1.24. The highest BCUT2D eigenvalue weighted by Crippen LogP contribution is 2.45. The van der Waals surface area contributed by atoms with Crippen LogP contribution in [-0.4, -0.2) is 29.9 Å². The van der Waals surface area contributed by atoms with Crippen LogP contribution in [0.3, 0.4) is 0 Å². The second-order valence-corrected chi connectivity index (χ2v) is 6.14. The van der Waals surface area contributed by atoms with Gasteiger partial charge in [-0.1, -0.05) is 12.1 Å². The quantitative estimate of drug-likeness (QED) is 0.517. The van der Waals surface area contributed by atoms with Crippen LogP contribution in [0.4, 0.5) is 0 Å². The maximum Gasteiger partial charge on any atom is 0.235 e. The van der Waals surface area contributed by atoms with E-state index >= 15 is 0 Å². The first kappa shape index (κ1) is 15.2. The lowest BCUT2D eigenvalue weighted by Crippen LogP contribution is -2.42. The van der Waals surface area contributed by atoms with Crippen LogP contribution in [0.1, 0.15) is 47.2 Å². The van der Waals surface area contributed by atoms with Crippen LogP contribution >= 0.6 is 0 Å². The summed E-state index contributed by atoms with van der Waals surface area (Å²) in [6.07, 6.45) is 7.57. The molecule has 1 aromatic carbocycles. The van der Waals surface area contributed by atoms with Gasteiger partial charge in [0.05, 0.1) is 18.8 Å². The smallest absolute Gasteiger partial charge is 0.235 e. The van der Waals surface area contributed by atoms with Gasteiger partial charge in [-0.25, -0.2) is 0 Å². The van der Waals surface area contributed by atoms with Gasteiger partial charge >= 0.3 is 0 Å². The molecule has 1 saturated heterocycles. The molecule has 0 aromatic heterocycles. The highest BCUT2D eigenvalue weighted by Gasteiger charge is 2.46. The van der Waals surface area contributed by atoms with Crippen molar-refractivity contribution in [1.82, 2.24) is 0 Å². The average Bonchev–Trinajstić information content (AvgIpc) is 2.99. The van der Waals surface area contributed by atoms with Crippen molar-refractivity contribution in [3.05, 3.63) is 34.9 Å². The van der Waals surface area contributed by atoms with Crippen molar-refractivity contribution in [3.63, 3.8) is 0 Å². The first-order valence-corrected chi connectivity index (χ1v) is 7.60. The van der Waals surface area contributed by atoms with Crippen LogP contribution in [0.15, 0.2) is 18.2 Å². The van der Waals surface area contributed by atoms with E-state index in [1.165, 1.54) is 0 Å². The number of hydrogen-bond acceptors (Lipinski definition) is 4. The van der Waals surface area contributed by atoms with Crippen molar-refractivity contribution < 1.29 is 19.4 Å². The van der Waals surface area contributed by atoms with Crippen molar-refractivity contribution in [3.8, 4) is 12.3 Å². The fourth-order valence-electron chi connectivity index (χ4n) is 3.45. The molecule has 0 atom stereocenters. The second-order valence-electron chi connectivity index (χ2n) is 6.14. The first-order chi connectivity index (χ1) is 10.5. The minimum Gasteiger partial charge on any atom is -0.385 e. The molecule has 1 N–H and O–H groups in total. The third kappa shape index (κ3) is 2.56. The van der Waals surface area contributed by atoms with E-state index in [0.29, 0.717) is 44.5 Å². The lowest BCUT2D eigenvalue weighted by Gasteiger charge is -2.41. The number of terminal acetylenes is 1. The number of aryl methyl sites for hydroxylation is 1. The Morgan fingerprint density at radius 1 is 1.23 bits per heavy atom. The van der Waals surface area contributed by atoms with Crippen LogP contribution in [0.2, 0.25) is 0 Å². The van der Waals surface area contributed by atoms with E-state index in [1.54, 1.807) is 12.1 Å². The zero-order valence-electron chi connectivity index (χ0n) is 12.7. The van der Waals surface area contributed by atoms with Crippen LogP contribution in [0, 0.1) is 19.3 Å². The summed E-state index contributed by atoms with van der Waals surface area (Å²) in [4.78, 5) is 11.7. The van der Waals surface area contributed by atoms with Gasteiger partial charge in [-0.15, -0.1) is 6.42 Å². The number of hydrogen-bond donors (Lipinski definition) is 1. The zero-order valence-corrected chi connectivity index (χ0v) is 12.7. The summed E-state index contributed by atoms with van der Waals surface area (Å²) in [5.41, 5.74) is 1.22. The van der Waals surface area contributed by atoms with Gasteiger partial charge in [0.25, 0.3) is 0 Å². The second kappa shape index (κ2) is 5.51. The number of benzene rings is 1. The summed E-state index contributed by atoms with van der Waals surface area (Å²) in [5, 5.41) is 11.1. The Kier molecular flexibility index (Phi) is 3.82. The predicted octanol–water partition coefficient (Wildman–Crippen LogP) is 2.32. The molecule has 0 bridgehead atoms. The van der Waals surface area contributed by atoms with Gasteiger partial charge in [-0.2, -0.15) is 0 Å². The van der Waals surface area contributed by atoms with E-state index in [-0.39, 0.29) is 5.78 Å². The molecule has 1 aliphatic heterocycles. The molecule has 1 saturated carbocycles. The highest BCUT2D eigenvalue weighted by molar-refractivity contribution is 6.08. The molecule has 1 heterocycles. The molecule has 0 amide bonds. The minimum atomic E-state index is -0.963. The third-order valence-corrected chi connectivity index (χ3v) is 4.78. The Bertz CT molecular complexity index is 625. The van der Waals surface area contributed by atoms with E-state index < -0.39 is 11.4 Å². The molecule has 22 heavy (non-hydrogen) atoms. The summed E-state index contributed by atoms with van der Waals surface area (Å²) < 4.78 is 11.4. The summed E-state index contributed by atoms with van der Waals surface area (Å²) in [6, 6.07) is 5.27. The van der Waals surface area contributed by atoms with E-state index in [2.05, 4.69) is 5.92 Å². The zero-order chi connectivity index (χ0) is 15.8. The first-order valence-electron chi connectivity index (χ1n) is 7.60. The van der Waals surface area contributed by atoms with Crippen molar-refractivity contribution in [2.75, 3.05) is 13.2 Å². The number of carbonyl (C=O) groups excluding carboxylic acids is 1. The Morgan fingerprint density at radius 2 is 1.86 bits per heavy atom. The van der Waals surface area contributed by atoms with Crippen molar-refractivity contribution in [2.24, 2.45) is 0 Å². The molecule has 2 aliphatic rings. The van der Waals surface area contributed by atoms with Gasteiger partial charge in [-0.3, -0.25) is 4.79 Å². The van der Waals surface area contributed by atoms with Gasteiger partial charge in [0.2, 0.25) is 5.78 Å². The van der Waals surface area contributed by atoms with Crippen molar-refractivity contribution in [1.29, 1.82) is 0 Å². The normalized spacial score (nSPS) is 22.4. The monoisotopic (exact) mass is 300 g/mol. The van der Waals surface area contributed by atoms with Gasteiger partial charge in [0.15, 0.2) is 5.79 Å². The fourth-order valence-corrected chi connectivity index (χ4v) is 3.45. The fraction of sp³-hybridized carbons (Fsp3) is 0.500. The third-order valence-electron chi connectivity index (χ3n) is 4.78. The van der Waals surface area contributed by atoms with Crippen LogP contribution in [0.5, 0.6) is 0 Å². The lowest BCUT2D eigenvalue weighted by atomic mass is 9.75. The molecule has 0 unspecified atom stereocenters. The summed E-state index contributed by atoms with van der Waals surface area (Å²) in [6.45, 7) is 3.16. The number of rotatable bonds is 2. The lowest BCUT2D eigenvalue weighted by molar-refractivity contribution is -0.204. The molecule has 1 aromatic rings. The Hall–Kier alpha value is -1.67. The van der Waals surface area contributed by atoms with Crippen molar-refractivity contribution >= 4 is 5.78 Å². The molecule has 2 fully saturated rings. The average molecular weight is 300 g/mol. The number of Topliss-reactive ketones (excluding diaryl/α,β-unsaturated/α-hetero) is 1. The highest BCUT2D eigenvalue weighted by atomic mass is 16.7. The van der Waals surface area contributed by atoms with E-state index in [9.17, 15) is 9.90 Å². The van der Waals surface area contributed by atoms with Gasteiger partial charge in [0.1, 0.15) is 0 Å². The number of ketones is 1. The Morgan fingerprint density at radius 3 is 2.45 bits per heavy atom. The van der Waals surface area contributed by atoms with E-state index in [1.807, 2.05) is 13.0 Å². The largest absolute Gasteiger partial charge is 0.385 e. The topological polar surface area (TPSA) is 55.8 Å². The molecule has 116 valence electrons. The Labute approximate surface area is 130 Å². The molecule has 0 radical (unpaired) electrons. The molecule has 1 aliphatic carbocycles. The predicted molar refractivity (Wildman–Crippen MR) is 81.3 cm³/mol. The Balaban J connectivity index is 1.87.